The monoisotopic (exact) mass is 171 g/mol. The van der Waals surface area contributed by atoms with Gasteiger partial charge >= 0.3 is 0 Å². The molecule has 1 aliphatic rings. The van der Waals surface area contributed by atoms with E-state index in [2.05, 4.69) is 19.2 Å². The second kappa shape index (κ2) is 4.24. The third kappa shape index (κ3) is 2.20. The Hall–Kier alpha value is -0.0800. The second-order valence-electron chi connectivity index (χ2n) is 3.99. The lowest BCUT2D eigenvalue weighted by molar-refractivity contribution is -0.0262. The van der Waals surface area contributed by atoms with Gasteiger partial charge in [0.2, 0.25) is 0 Å². The van der Waals surface area contributed by atoms with Crippen molar-refractivity contribution in [1.29, 1.82) is 0 Å². The molecule has 1 rings (SSSR count). The molecule has 12 heavy (non-hydrogen) atoms. The summed E-state index contributed by atoms with van der Waals surface area (Å²) in [5.41, 5.74) is -0.422. The van der Waals surface area contributed by atoms with Crippen molar-refractivity contribution in [2.24, 2.45) is 0 Å². The third-order valence-electron chi connectivity index (χ3n) is 3.01. The molecule has 0 spiro atoms. The van der Waals surface area contributed by atoms with E-state index < -0.39 is 5.60 Å². The average Bonchev–Trinajstić information content (AvgIpc) is 2.07. The lowest BCUT2D eigenvalue weighted by Gasteiger charge is -2.39. The Morgan fingerprint density at radius 3 is 2.92 bits per heavy atom. The summed E-state index contributed by atoms with van der Waals surface area (Å²) in [6.45, 7) is 5.33. The Morgan fingerprint density at radius 1 is 1.58 bits per heavy atom. The van der Waals surface area contributed by atoms with Gasteiger partial charge in [0.15, 0.2) is 0 Å². The summed E-state index contributed by atoms with van der Waals surface area (Å²) in [4.78, 5) is 0. The number of piperidine rings is 1. The standard InChI is InChI=1S/C10H21NO/c1-3-4-6-10(12)7-5-8-11-9(10)2/h9,11-12H,3-8H2,1-2H3. The highest BCUT2D eigenvalue weighted by molar-refractivity contribution is 4.92. The predicted octanol–water partition coefficient (Wildman–Crippen LogP) is 1.68. The molecule has 1 fully saturated rings. The van der Waals surface area contributed by atoms with Crippen LogP contribution >= 0.6 is 0 Å². The van der Waals surface area contributed by atoms with E-state index in [0.29, 0.717) is 0 Å². The van der Waals surface area contributed by atoms with Crippen molar-refractivity contribution in [3.05, 3.63) is 0 Å². The molecule has 0 radical (unpaired) electrons. The Bertz CT molecular complexity index is 138. The van der Waals surface area contributed by atoms with Crippen molar-refractivity contribution in [3.8, 4) is 0 Å². The van der Waals surface area contributed by atoms with Gasteiger partial charge in [0.05, 0.1) is 5.60 Å². The highest BCUT2D eigenvalue weighted by Crippen LogP contribution is 2.26. The van der Waals surface area contributed by atoms with Crippen LogP contribution in [-0.2, 0) is 0 Å². The molecule has 0 amide bonds. The zero-order chi connectivity index (χ0) is 9.03. The highest BCUT2D eigenvalue weighted by atomic mass is 16.3. The van der Waals surface area contributed by atoms with Gasteiger partial charge in [-0.2, -0.15) is 0 Å². The van der Waals surface area contributed by atoms with Crippen LogP contribution in [0.2, 0.25) is 0 Å². The molecule has 72 valence electrons. The highest BCUT2D eigenvalue weighted by Gasteiger charge is 2.34. The largest absolute Gasteiger partial charge is 0.388 e. The fraction of sp³-hybridized carbons (Fsp3) is 1.00. The molecule has 2 unspecified atom stereocenters. The molecular weight excluding hydrogens is 150 g/mol. The molecule has 0 saturated carbocycles. The second-order valence-corrected chi connectivity index (χ2v) is 3.99. The minimum atomic E-state index is -0.422. The summed E-state index contributed by atoms with van der Waals surface area (Å²) >= 11 is 0. The Balaban J connectivity index is 2.42. The topological polar surface area (TPSA) is 32.3 Å². The van der Waals surface area contributed by atoms with Crippen LogP contribution in [0.1, 0.15) is 46.0 Å². The maximum atomic E-state index is 10.2. The first kappa shape index (κ1) is 10.0. The number of rotatable bonds is 3. The van der Waals surface area contributed by atoms with Gasteiger partial charge in [-0.25, -0.2) is 0 Å². The number of unbranched alkanes of at least 4 members (excludes halogenated alkanes) is 1. The summed E-state index contributed by atoms with van der Waals surface area (Å²) in [5.74, 6) is 0. The number of hydrogen-bond donors (Lipinski definition) is 2. The maximum absolute atomic E-state index is 10.2. The fourth-order valence-electron chi connectivity index (χ4n) is 1.94. The fourth-order valence-corrected chi connectivity index (χ4v) is 1.94. The van der Waals surface area contributed by atoms with Crippen molar-refractivity contribution < 1.29 is 5.11 Å². The molecule has 2 atom stereocenters. The molecule has 0 aliphatic carbocycles. The molecule has 0 bridgehead atoms. The van der Waals surface area contributed by atoms with E-state index >= 15 is 0 Å². The van der Waals surface area contributed by atoms with E-state index in [1.165, 1.54) is 6.42 Å². The van der Waals surface area contributed by atoms with Gasteiger partial charge in [-0.05, 0) is 32.7 Å². The van der Waals surface area contributed by atoms with Crippen molar-refractivity contribution in [2.45, 2.75) is 57.6 Å². The van der Waals surface area contributed by atoms with Crippen molar-refractivity contribution >= 4 is 0 Å². The van der Waals surface area contributed by atoms with Gasteiger partial charge in [-0.1, -0.05) is 19.8 Å². The molecule has 2 N–H and O–H groups in total. The van der Waals surface area contributed by atoms with Gasteiger partial charge in [0, 0.05) is 6.04 Å². The van der Waals surface area contributed by atoms with Crippen LogP contribution in [0.3, 0.4) is 0 Å². The van der Waals surface area contributed by atoms with E-state index in [-0.39, 0.29) is 6.04 Å². The summed E-state index contributed by atoms with van der Waals surface area (Å²) in [6, 6.07) is 0.276. The molecule has 1 heterocycles. The molecular formula is C10H21NO. The minimum absolute atomic E-state index is 0.276. The number of hydrogen-bond acceptors (Lipinski definition) is 2. The molecule has 1 aliphatic heterocycles. The van der Waals surface area contributed by atoms with Gasteiger partial charge in [-0.15, -0.1) is 0 Å². The van der Waals surface area contributed by atoms with Crippen LogP contribution < -0.4 is 5.32 Å². The first-order valence-corrected chi connectivity index (χ1v) is 5.15. The molecule has 0 aromatic rings. The quantitative estimate of drug-likeness (QED) is 0.677. The normalized spacial score (nSPS) is 36.8. The van der Waals surface area contributed by atoms with Crippen LogP contribution in [0.4, 0.5) is 0 Å². The maximum Gasteiger partial charge on any atom is 0.0797 e. The van der Waals surface area contributed by atoms with Crippen molar-refractivity contribution in [1.82, 2.24) is 5.32 Å². The Labute approximate surface area is 75.4 Å². The molecule has 0 aromatic heterocycles. The smallest absolute Gasteiger partial charge is 0.0797 e. The first-order valence-electron chi connectivity index (χ1n) is 5.15. The van der Waals surface area contributed by atoms with Crippen molar-refractivity contribution in [3.63, 3.8) is 0 Å². The lowest BCUT2D eigenvalue weighted by Crippen LogP contribution is -2.53. The van der Waals surface area contributed by atoms with Gasteiger partial charge in [0.25, 0.3) is 0 Å². The average molecular weight is 171 g/mol. The van der Waals surface area contributed by atoms with Crippen LogP contribution in [-0.4, -0.2) is 23.3 Å². The van der Waals surface area contributed by atoms with Crippen molar-refractivity contribution in [2.75, 3.05) is 6.54 Å². The van der Waals surface area contributed by atoms with E-state index in [0.717, 1.165) is 32.2 Å². The Kier molecular flexibility index (Phi) is 3.53. The van der Waals surface area contributed by atoms with Gasteiger partial charge in [-0.3, -0.25) is 0 Å². The first-order chi connectivity index (χ1) is 5.69. The van der Waals surface area contributed by atoms with E-state index in [1.807, 2.05) is 0 Å². The number of aliphatic hydroxyl groups is 1. The van der Waals surface area contributed by atoms with Crippen LogP contribution in [0.15, 0.2) is 0 Å². The molecule has 1 saturated heterocycles. The molecule has 2 nitrogen and oxygen atoms in total. The zero-order valence-electron chi connectivity index (χ0n) is 8.27. The van der Waals surface area contributed by atoms with Crippen LogP contribution in [0.25, 0.3) is 0 Å². The number of nitrogens with one attached hydrogen (secondary N) is 1. The van der Waals surface area contributed by atoms with E-state index in [9.17, 15) is 5.11 Å². The summed E-state index contributed by atoms with van der Waals surface area (Å²) in [6.07, 6.45) is 5.36. The predicted molar refractivity (Wildman–Crippen MR) is 51.2 cm³/mol. The summed E-state index contributed by atoms with van der Waals surface area (Å²) < 4.78 is 0. The molecule has 0 aromatic carbocycles. The minimum Gasteiger partial charge on any atom is -0.388 e. The van der Waals surface area contributed by atoms with E-state index in [4.69, 9.17) is 0 Å². The third-order valence-corrected chi connectivity index (χ3v) is 3.01. The van der Waals surface area contributed by atoms with Crippen LogP contribution in [0.5, 0.6) is 0 Å². The van der Waals surface area contributed by atoms with Crippen LogP contribution in [0, 0.1) is 0 Å². The van der Waals surface area contributed by atoms with Gasteiger partial charge < -0.3 is 10.4 Å². The SMILES string of the molecule is CCCCC1(O)CCCNC1C. The Morgan fingerprint density at radius 2 is 2.33 bits per heavy atom. The zero-order valence-corrected chi connectivity index (χ0v) is 8.27. The lowest BCUT2D eigenvalue weighted by atomic mass is 9.83. The summed E-state index contributed by atoms with van der Waals surface area (Å²) in [5, 5.41) is 13.5. The summed E-state index contributed by atoms with van der Waals surface area (Å²) in [7, 11) is 0. The molecule has 2 heteroatoms. The van der Waals surface area contributed by atoms with Gasteiger partial charge in [0.1, 0.15) is 0 Å². The van der Waals surface area contributed by atoms with E-state index in [1.54, 1.807) is 0 Å².